The Balaban J connectivity index is 0.000000188. The predicted molar refractivity (Wildman–Crippen MR) is 92.1 cm³/mol. The maximum absolute atomic E-state index is 10.1. The molecule has 22 heavy (non-hydrogen) atoms. The number of aryl methyl sites for hydroxylation is 1. The molecule has 2 heteroatoms. The van der Waals surface area contributed by atoms with Crippen LogP contribution >= 0.6 is 0 Å². The number of carbonyl (C=O) groups excluding carboxylic acids is 1. The van der Waals surface area contributed by atoms with E-state index in [1.54, 1.807) is 11.6 Å². The molecule has 2 nitrogen and oxygen atoms in total. The molecule has 0 fully saturated rings. The average molecular weight is 296 g/mol. The van der Waals surface area contributed by atoms with Crippen LogP contribution in [0.4, 0.5) is 0 Å². The molecular weight excluding hydrogens is 272 g/mol. The van der Waals surface area contributed by atoms with Gasteiger partial charge in [0.25, 0.3) is 6.47 Å². The molecule has 1 aliphatic carbocycles. The molecule has 1 atom stereocenters. The van der Waals surface area contributed by atoms with Gasteiger partial charge in [-0.3, -0.25) is 4.79 Å². The van der Waals surface area contributed by atoms with Crippen molar-refractivity contribution in [3.63, 3.8) is 0 Å². The molecule has 0 saturated carbocycles. The summed E-state index contributed by atoms with van der Waals surface area (Å²) < 4.78 is 4.76. The fourth-order valence-electron chi connectivity index (χ4n) is 2.57. The monoisotopic (exact) mass is 296 g/mol. The summed E-state index contributed by atoms with van der Waals surface area (Å²) in [6, 6.07) is 11.7. The maximum atomic E-state index is 10.1. The number of allylic oxidation sites excluding steroid dienone is 2. The molecule has 2 aromatic rings. The summed E-state index contributed by atoms with van der Waals surface area (Å²) in [5.41, 5.74) is 2.81. The molecule has 2 aromatic carbocycles. The van der Waals surface area contributed by atoms with Crippen molar-refractivity contribution in [2.75, 3.05) is 0 Å². The lowest BCUT2D eigenvalue weighted by molar-refractivity contribution is -0.120. The fraction of sp³-hybridized carbons (Fsp3) is 0.350. The summed E-state index contributed by atoms with van der Waals surface area (Å²) in [5.74, 6) is 1.52. The van der Waals surface area contributed by atoms with E-state index in [0.29, 0.717) is 12.2 Å². The minimum atomic E-state index is 0.440. The van der Waals surface area contributed by atoms with Gasteiger partial charge in [-0.1, -0.05) is 48.4 Å². The van der Waals surface area contributed by atoms with Gasteiger partial charge in [-0.05, 0) is 61.9 Å². The summed E-state index contributed by atoms with van der Waals surface area (Å²) in [6.07, 6.45) is 6.42. The van der Waals surface area contributed by atoms with Gasteiger partial charge < -0.3 is 4.74 Å². The normalized spacial score (nSPS) is 17.2. The summed E-state index contributed by atoms with van der Waals surface area (Å²) in [5, 5.41) is 2.23. The molecule has 3 rings (SSSR count). The molecule has 0 aromatic heterocycles. The Morgan fingerprint density at radius 3 is 2.45 bits per heavy atom. The van der Waals surface area contributed by atoms with Gasteiger partial charge >= 0.3 is 0 Å². The van der Waals surface area contributed by atoms with Crippen molar-refractivity contribution in [1.82, 2.24) is 0 Å². The number of fused-ring (bicyclic) bond motifs is 1. The SMILES string of the molecule is CC1=CCC(C)CC1.Cc1ccc2cc(OC=O)ccc2c1. The first-order chi connectivity index (χ1) is 10.6. The summed E-state index contributed by atoms with van der Waals surface area (Å²) in [7, 11) is 0. The molecule has 0 bridgehead atoms. The highest BCUT2D eigenvalue weighted by Crippen LogP contribution is 2.22. The molecule has 0 aliphatic heterocycles. The van der Waals surface area contributed by atoms with E-state index in [1.165, 1.54) is 24.8 Å². The van der Waals surface area contributed by atoms with Crippen LogP contribution in [0.3, 0.4) is 0 Å². The number of hydrogen-bond donors (Lipinski definition) is 0. The second-order valence-electron chi connectivity index (χ2n) is 6.16. The number of rotatable bonds is 2. The van der Waals surface area contributed by atoms with Gasteiger partial charge in [-0.25, -0.2) is 0 Å². The van der Waals surface area contributed by atoms with E-state index in [4.69, 9.17) is 4.74 Å². The third kappa shape index (κ3) is 4.73. The number of benzene rings is 2. The Kier molecular flexibility index (Phi) is 5.76. The zero-order chi connectivity index (χ0) is 15.9. The molecule has 116 valence electrons. The van der Waals surface area contributed by atoms with Crippen LogP contribution in [0.25, 0.3) is 10.8 Å². The standard InChI is InChI=1S/C12H10O2.C8H14/c1-9-2-3-11-7-12(14-8-13)5-4-10(11)6-9;1-7-3-5-8(2)6-4-7/h2-8H,1H3;3,8H,4-6H2,1-2H3. The molecule has 0 radical (unpaired) electrons. The molecule has 0 amide bonds. The topological polar surface area (TPSA) is 26.3 Å². The number of hydrogen-bond acceptors (Lipinski definition) is 2. The summed E-state index contributed by atoms with van der Waals surface area (Å²) in [4.78, 5) is 10.1. The van der Waals surface area contributed by atoms with E-state index in [1.807, 2.05) is 24.3 Å². The van der Waals surface area contributed by atoms with Gasteiger partial charge in [-0.2, -0.15) is 0 Å². The van der Waals surface area contributed by atoms with Crippen molar-refractivity contribution >= 4 is 17.2 Å². The van der Waals surface area contributed by atoms with Crippen molar-refractivity contribution < 1.29 is 9.53 Å². The number of carbonyl (C=O) groups is 1. The van der Waals surface area contributed by atoms with E-state index in [9.17, 15) is 4.79 Å². The van der Waals surface area contributed by atoms with Crippen LogP contribution in [0.2, 0.25) is 0 Å². The Morgan fingerprint density at radius 1 is 1.09 bits per heavy atom. The largest absolute Gasteiger partial charge is 0.429 e. The van der Waals surface area contributed by atoms with Gasteiger partial charge in [0, 0.05) is 0 Å². The quantitative estimate of drug-likeness (QED) is 0.545. The average Bonchev–Trinajstić information content (AvgIpc) is 2.51. The lowest BCUT2D eigenvalue weighted by atomic mass is 9.92. The van der Waals surface area contributed by atoms with Crippen molar-refractivity contribution in [3.8, 4) is 5.75 Å². The third-order valence-corrected chi connectivity index (χ3v) is 4.05. The van der Waals surface area contributed by atoms with Crippen molar-refractivity contribution in [2.24, 2.45) is 5.92 Å². The fourth-order valence-corrected chi connectivity index (χ4v) is 2.57. The van der Waals surface area contributed by atoms with Gasteiger partial charge in [0.15, 0.2) is 0 Å². The molecular formula is C20H24O2. The third-order valence-electron chi connectivity index (χ3n) is 4.05. The van der Waals surface area contributed by atoms with Gasteiger partial charge in [0.2, 0.25) is 0 Å². The van der Waals surface area contributed by atoms with E-state index in [2.05, 4.69) is 32.9 Å². The predicted octanol–water partition coefficient (Wildman–Crippen LogP) is 5.44. The Labute approximate surface area is 132 Å². The van der Waals surface area contributed by atoms with E-state index < -0.39 is 0 Å². The van der Waals surface area contributed by atoms with Crippen molar-refractivity contribution in [1.29, 1.82) is 0 Å². The van der Waals surface area contributed by atoms with Crippen molar-refractivity contribution in [3.05, 3.63) is 53.6 Å². The highest BCUT2D eigenvalue weighted by molar-refractivity contribution is 5.84. The minimum Gasteiger partial charge on any atom is -0.429 e. The molecule has 0 saturated heterocycles. The van der Waals surface area contributed by atoms with E-state index >= 15 is 0 Å². The first-order valence-corrected chi connectivity index (χ1v) is 7.85. The molecule has 0 N–H and O–H groups in total. The molecule has 0 spiro atoms. The zero-order valence-electron chi connectivity index (χ0n) is 13.6. The lowest BCUT2D eigenvalue weighted by Gasteiger charge is -2.14. The first kappa shape index (κ1) is 16.3. The smallest absolute Gasteiger partial charge is 0.298 e. The van der Waals surface area contributed by atoms with Crippen LogP contribution in [-0.2, 0) is 4.79 Å². The molecule has 1 unspecified atom stereocenters. The van der Waals surface area contributed by atoms with Gasteiger partial charge in [0.05, 0.1) is 0 Å². The van der Waals surface area contributed by atoms with Crippen LogP contribution < -0.4 is 4.74 Å². The van der Waals surface area contributed by atoms with Crippen LogP contribution in [-0.4, -0.2) is 6.47 Å². The Bertz CT molecular complexity index is 670. The Hall–Kier alpha value is -2.09. The second kappa shape index (κ2) is 7.79. The summed E-state index contributed by atoms with van der Waals surface area (Å²) >= 11 is 0. The molecule has 0 heterocycles. The van der Waals surface area contributed by atoms with Gasteiger partial charge in [0.1, 0.15) is 5.75 Å². The number of ether oxygens (including phenoxy) is 1. The summed E-state index contributed by atoms with van der Waals surface area (Å²) in [6.45, 7) is 7.04. The highest BCUT2D eigenvalue weighted by Gasteiger charge is 2.05. The van der Waals surface area contributed by atoms with Crippen LogP contribution in [0.5, 0.6) is 5.75 Å². The van der Waals surface area contributed by atoms with Crippen LogP contribution in [0.15, 0.2) is 48.0 Å². The maximum Gasteiger partial charge on any atom is 0.298 e. The van der Waals surface area contributed by atoms with Crippen LogP contribution in [0.1, 0.15) is 38.7 Å². The minimum absolute atomic E-state index is 0.440. The highest BCUT2D eigenvalue weighted by atomic mass is 16.5. The molecule has 1 aliphatic rings. The lowest BCUT2D eigenvalue weighted by Crippen LogP contribution is -1.98. The van der Waals surface area contributed by atoms with Gasteiger partial charge in [-0.15, -0.1) is 0 Å². The Morgan fingerprint density at radius 2 is 1.82 bits per heavy atom. The van der Waals surface area contributed by atoms with Crippen LogP contribution in [0, 0.1) is 12.8 Å². The van der Waals surface area contributed by atoms with E-state index in [-0.39, 0.29) is 0 Å². The zero-order valence-corrected chi connectivity index (χ0v) is 13.6. The van der Waals surface area contributed by atoms with E-state index in [0.717, 1.165) is 16.7 Å². The van der Waals surface area contributed by atoms with Crippen molar-refractivity contribution in [2.45, 2.75) is 40.0 Å². The second-order valence-corrected chi connectivity index (χ2v) is 6.16. The first-order valence-electron chi connectivity index (χ1n) is 7.85.